The number of rotatable bonds is 6. The van der Waals surface area contributed by atoms with Crippen molar-refractivity contribution in [2.24, 2.45) is 0 Å². The zero-order valence-electron chi connectivity index (χ0n) is 17.2. The Bertz CT molecular complexity index is 1210. The van der Waals surface area contributed by atoms with Crippen LogP contribution in [0.3, 0.4) is 0 Å². The maximum absolute atomic E-state index is 13.6. The van der Waals surface area contributed by atoms with Crippen LogP contribution in [0.1, 0.15) is 33.8 Å². The van der Waals surface area contributed by atoms with Crippen molar-refractivity contribution in [3.63, 3.8) is 0 Å². The number of ether oxygens (including phenoxy) is 1. The topological polar surface area (TPSA) is 84.7 Å². The van der Waals surface area contributed by atoms with Crippen molar-refractivity contribution < 1.29 is 18.7 Å². The first-order chi connectivity index (χ1) is 15.7. The van der Waals surface area contributed by atoms with E-state index in [2.05, 4.69) is 5.32 Å². The molecule has 1 fully saturated rings. The Balaban J connectivity index is 1.43. The monoisotopic (exact) mass is 447 g/mol. The Morgan fingerprint density at radius 3 is 2.81 bits per heavy atom. The van der Waals surface area contributed by atoms with Gasteiger partial charge >= 0.3 is 0 Å². The third-order valence-corrected chi connectivity index (χ3v) is 6.34. The number of nitrogens with one attached hydrogen (secondary N) is 1. The standard InChI is InChI=1S/C24H21N3O4S/c28-22(20-10-5-13-31-20)25-17-7-3-6-16(14-17)23(29)27(15-18-8-4-12-30-18)24-26-19-9-1-2-11-21(19)32-24/h1-3,5-7,9-11,13-14,18H,4,8,12,15H2,(H,25,28). The van der Waals surface area contributed by atoms with Crippen LogP contribution in [0.2, 0.25) is 0 Å². The summed E-state index contributed by atoms with van der Waals surface area (Å²) in [5.41, 5.74) is 1.83. The second kappa shape index (κ2) is 8.94. The molecule has 2 amide bonds. The van der Waals surface area contributed by atoms with Gasteiger partial charge in [-0.25, -0.2) is 4.98 Å². The normalized spacial score (nSPS) is 15.7. The highest BCUT2D eigenvalue weighted by Crippen LogP contribution is 2.31. The van der Waals surface area contributed by atoms with Crippen LogP contribution in [0, 0.1) is 0 Å². The van der Waals surface area contributed by atoms with Crippen LogP contribution in [0.5, 0.6) is 0 Å². The minimum absolute atomic E-state index is 0.0206. The maximum atomic E-state index is 13.6. The molecule has 0 saturated carbocycles. The first-order valence-corrected chi connectivity index (χ1v) is 11.2. The van der Waals surface area contributed by atoms with Gasteiger partial charge in [-0.3, -0.25) is 14.5 Å². The van der Waals surface area contributed by atoms with E-state index in [4.69, 9.17) is 14.1 Å². The number of amides is 2. The first-order valence-electron chi connectivity index (χ1n) is 10.4. The molecular formula is C24H21N3O4S. The summed E-state index contributed by atoms with van der Waals surface area (Å²) in [6.07, 6.45) is 3.32. The van der Waals surface area contributed by atoms with Crippen LogP contribution in [0.25, 0.3) is 10.2 Å². The van der Waals surface area contributed by atoms with Crippen LogP contribution < -0.4 is 10.2 Å². The molecule has 1 aliphatic heterocycles. The Hall–Kier alpha value is -3.49. The molecule has 0 aliphatic carbocycles. The van der Waals surface area contributed by atoms with Crippen LogP contribution >= 0.6 is 11.3 Å². The van der Waals surface area contributed by atoms with Crippen molar-refractivity contribution in [1.82, 2.24) is 4.98 Å². The van der Waals surface area contributed by atoms with Gasteiger partial charge in [0.05, 0.1) is 29.1 Å². The Morgan fingerprint density at radius 1 is 1.12 bits per heavy atom. The quantitative estimate of drug-likeness (QED) is 0.451. The molecule has 162 valence electrons. The number of para-hydroxylation sites is 1. The number of furan rings is 1. The summed E-state index contributed by atoms with van der Waals surface area (Å²) in [6, 6.07) is 17.9. The summed E-state index contributed by atoms with van der Waals surface area (Å²) in [6.45, 7) is 1.14. The van der Waals surface area contributed by atoms with Crippen molar-refractivity contribution in [3.8, 4) is 0 Å². The number of carbonyl (C=O) groups excluding carboxylic acids is 2. The molecule has 2 aromatic carbocycles. The molecule has 1 aliphatic rings. The number of anilines is 2. The first kappa shape index (κ1) is 20.4. The van der Waals surface area contributed by atoms with E-state index in [1.165, 1.54) is 17.6 Å². The van der Waals surface area contributed by atoms with Gasteiger partial charge in [-0.15, -0.1) is 0 Å². The molecule has 8 heteroatoms. The minimum Gasteiger partial charge on any atom is -0.459 e. The highest BCUT2D eigenvalue weighted by Gasteiger charge is 2.27. The number of nitrogens with zero attached hydrogens (tertiary/aromatic N) is 2. The van der Waals surface area contributed by atoms with Crippen molar-refractivity contribution in [1.29, 1.82) is 0 Å². The van der Waals surface area contributed by atoms with Gasteiger partial charge in [0.25, 0.3) is 11.8 Å². The Morgan fingerprint density at radius 2 is 2.03 bits per heavy atom. The highest BCUT2D eigenvalue weighted by atomic mass is 32.1. The van der Waals surface area contributed by atoms with Gasteiger partial charge in [-0.1, -0.05) is 29.5 Å². The van der Waals surface area contributed by atoms with Crippen molar-refractivity contribution in [3.05, 3.63) is 78.3 Å². The van der Waals surface area contributed by atoms with Crippen molar-refractivity contribution in [2.45, 2.75) is 18.9 Å². The molecule has 2 aromatic heterocycles. The molecule has 7 nitrogen and oxygen atoms in total. The fourth-order valence-corrected chi connectivity index (χ4v) is 4.67. The van der Waals surface area contributed by atoms with E-state index in [9.17, 15) is 9.59 Å². The van der Waals surface area contributed by atoms with E-state index in [1.54, 1.807) is 41.3 Å². The van der Waals surface area contributed by atoms with Crippen LogP contribution in [-0.4, -0.2) is 36.1 Å². The predicted octanol–water partition coefficient (Wildman–Crippen LogP) is 4.97. The summed E-state index contributed by atoms with van der Waals surface area (Å²) in [4.78, 5) is 32.3. The Kier molecular flexibility index (Phi) is 5.70. The Labute approximate surface area is 188 Å². The zero-order chi connectivity index (χ0) is 21.9. The molecule has 32 heavy (non-hydrogen) atoms. The third-order valence-electron chi connectivity index (χ3n) is 5.28. The molecular weight excluding hydrogens is 426 g/mol. The van der Waals surface area contributed by atoms with Gasteiger partial charge in [0.1, 0.15) is 0 Å². The molecule has 0 spiro atoms. The largest absolute Gasteiger partial charge is 0.459 e. The highest BCUT2D eigenvalue weighted by molar-refractivity contribution is 7.22. The van der Waals surface area contributed by atoms with E-state index < -0.39 is 0 Å². The second-order valence-corrected chi connectivity index (χ2v) is 8.54. The SMILES string of the molecule is O=C(Nc1cccc(C(=O)N(CC2CCCO2)c2nc3ccccc3s2)c1)c1ccco1. The number of benzene rings is 2. The average Bonchev–Trinajstić information content (AvgIpc) is 3.58. The molecule has 4 aromatic rings. The lowest BCUT2D eigenvalue weighted by Gasteiger charge is -2.23. The number of aromatic nitrogens is 1. The second-order valence-electron chi connectivity index (χ2n) is 7.53. The number of hydrogen-bond acceptors (Lipinski definition) is 6. The molecule has 1 atom stereocenters. The minimum atomic E-state index is -0.373. The van der Waals surface area contributed by atoms with E-state index in [0.717, 1.165) is 23.1 Å². The summed E-state index contributed by atoms with van der Waals surface area (Å²) in [5, 5.41) is 3.41. The van der Waals surface area contributed by atoms with Gasteiger partial charge in [-0.2, -0.15) is 0 Å². The molecule has 1 N–H and O–H groups in total. The van der Waals surface area contributed by atoms with Gasteiger partial charge < -0.3 is 14.5 Å². The third kappa shape index (κ3) is 4.28. The summed E-state index contributed by atoms with van der Waals surface area (Å²) in [7, 11) is 0. The smallest absolute Gasteiger partial charge is 0.291 e. The molecule has 0 radical (unpaired) electrons. The molecule has 1 unspecified atom stereocenters. The molecule has 5 rings (SSSR count). The molecule has 1 saturated heterocycles. The zero-order valence-corrected chi connectivity index (χ0v) is 18.0. The summed E-state index contributed by atoms with van der Waals surface area (Å²) < 4.78 is 12.0. The van der Waals surface area contributed by atoms with Crippen LogP contribution in [0.15, 0.2) is 71.3 Å². The van der Waals surface area contributed by atoms with Crippen molar-refractivity contribution in [2.75, 3.05) is 23.4 Å². The number of carbonyl (C=O) groups is 2. The maximum Gasteiger partial charge on any atom is 0.291 e. The average molecular weight is 448 g/mol. The summed E-state index contributed by atoms with van der Waals surface area (Å²) in [5.74, 6) is -0.355. The van der Waals surface area contributed by atoms with E-state index in [1.807, 2.05) is 24.3 Å². The van der Waals surface area contributed by atoms with E-state index >= 15 is 0 Å². The number of hydrogen-bond donors (Lipinski definition) is 1. The lowest BCUT2D eigenvalue weighted by Crippen LogP contribution is -2.37. The van der Waals surface area contributed by atoms with Crippen LogP contribution in [-0.2, 0) is 4.74 Å². The van der Waals surface area contributed by atoms with Gasteiger partial charge in [-0.05, 0) is 55.3 Å². The molecule has 3 heterocycles. The van der Waals surface area contributed by atoms with Crippen molar-refractivity contribution >= 4 is 44.2 Å². The lowest BCUT2D eigenvalue weighted by molar-refractivity contribution is 0.0917. The van der Waals surface area contributed by atoms with Gasteiger partial charge in [0.15, 0.2) is 10.9 Å². The van der Waals surface area contributed by atoms with E-state index in [-0.39, 0.29) is 23.7 Å². The fourth-order valence-electron chi connectivity index (χ4n) is 3.70. The summed E-state index contributed by atoms with van der Waals surface area (Å²) >= 11 is 1.48. The number of fused-ring (bicyclic) bond motifs is 1. The molecule has 0 bridgehead atoms. The fraction of sp³-hybridized carbons (Fsp3) is 0.208. The number of thiazole rings is 1. The van der Waals surface area contributed by atoms with E-state index in [0.29, 0.717) is 29.5 Å². The van der Waals surface area contributed by atoms with Gasteiger partial charge in [0.2, 0.25) is 0 Å². The van der Waals surface area contributed by atoms with Gasteiger partial charge in [0, 0.05) is 17.9 Å². The lowest BCUT2D eigenvalue weighted by atomic mass is 10.1. The predicted molar refractivity (Wildman–Crippen MR) is 123 cm³/mol. The van der Waals surface area contributed by atoms with Crippen LogP contribution in [0.4, 0.5) is 10.8 Å².